The first-order chi connectivity index (χ1) is 9.88. The van der Waals surface area contributed by atoms with Crippen LogP contribution in [0.5, 0.6) is 0 Å². The molecule has 3 atom stereocenters. The molecule has 3 aliphatic rings. The SMILES string of the molecule is C1=C[C@@H]2C[C@H]1C[C@@H]2CN1CCN(c2ccccc2)CC1. The molecule has 20 heavy (non-hydrogen) atoms. The topological polar surface area (TPSA) is 6.48 Å². The average molecular weight is 268 g/mol. The second kappa shape index (κ2) is 5.25. The Bertz CT molecular complexity index is 473. The van der Waals surface area contributed by atoms with Crippen molar-refractivity contribution in [2.45, 2.75) is 12.8 Å². The van der Waals surface area contributed by atoms with Crippen molar-refractivity contribution in [3.8, 4) is 0 Å². The summed E-state index contributed by atoms with van der Waals surface area (Å²) < 4.78 is 0. The Morgan fingerprint density at radius 2 is 1.70 bits per heavy atom. The maximum atomic E-state index is 2.69. The largest absolute Gasteiger partial charge is 0.369 e. The minimum absolute atomic E-state index is 0.896. The van der Waals surface area contributed by atoms with Crippen LogP contribution < -0.4 is 4.90 Å². The first-order valence-electron chi connectivity index (χ1n) is 8.09. The Labute approximate surface area is 122 Å². The molecule has 0 unspecified atom stereocenters. The number of hydrogen-bond donors (Lipinski definition) is 0. The Morgan fingerprint density at radius 1 is 0.900 bits per heavy atom. The van der Waals surface area contributed by atoms with Gasteiger partial charge >= 0.3 is 0 Å². The molecule has 2 bridgehead atoms. The van der Waals surface area contributed by atoms with Crippen molar-refractivity contribution in [2.75, 3.05) is 37.6 Å². The van der Waals surface area contributed by atoms with E-state index >= 15 is 0 Å². The monoisotopic (exact) mass is 268 g/mol. The van der Waals surface area contributed by atoms with Gasteiger partial charge in [0.1, 0.15) is 0 Å². The standard InChI is InChI=1S/C18H24N2/c1-2-4-18(5-3-1)20-10-8-19(9-11-20)14-17-13-15-6-7-16(17)12-15/h1-7,15-17H,8-14H2/t15-,16+,17+/m0/s1. The highest BCUT2D eigenvalue weighted by Crippen LogP contribution is 2.43. The fraction of sp³-hybridized carbons (Fsp3) is 0.556. The molecule has 1 aromatic rings. The van der Waals surface area contributed by atoms with Gasteiger partial charge in [0.25, 0.3) is 0 Å². The van der Waals surface area contributed by atoms with Crippen LogP contribution in [0.1, 0.15) is 12.8 Å². The van der Waals surface area contributed by atoms with Gasteiger partial charge in [-0.2, -0.15) is 0 Å². The summed E-state index contributed by atoms with van der Waals surface area (Å²) in [5, 5.41) is 0. The number of benzene rings is 1. The highest BCUT2D eigenvalue weighted by atomic mass is 15.3. The summed E-state index contributed by atoms with van der Waals surface area (Å²) in [5.74, 6) is 2.75. The number of rotatable bonds is 3. The third-order valence-electron chi connectivity index (χ3n) is 5.40. The summed E-state index contributed by atoms with van der Waals surface area (Å²) >= 11 is 0. The molecule has 1 aliphatic heterocycles. The molecule has 2 heteroatoms. The number of nitrogens with zero attached hydrogens (tertiary/aromatic N) is 2. The zero-order valence-corrected chi connectivity index (χ0v) is 12.1. The van der Waals surface area contributed by atoms with Gasteiger partial charge in [0.2, 0.25) is 0 Å². The summed E-state index contributed by atoms with van der Waals surface area (Å²) in [4.78, 5) is 5.22. The lowest BCUT2D eigenvalue weighted by atomic mass is 9.93. The van der Waals surface area contributed by atoms with Crippen molar-refractivity contribution < 1.29 is 0 Å². The Balaban J connectivity index is 1.31. The lowest BCUT2D eigenvalue weighted by molar-refractivity contribution is 0.204. The van der Waals surface area contributed by atoms with Crippen molar-refractivity contribution >= 4 is 5.69 Å². The van der Waals surface area contributed by atoms with E-state index in [1.807, 2.05) is 0 Å². The van der Waals surface area contributed by atoms with Crippen molar-refractivity contribution in [1.82, 2.24) is 4.90 Å². The van der Waals surface area contributed by atoms with Gasteiger partial charge in [-0.05, 0) is 42.7 Å². The molecule has 0 N–H and O–H groups in total. The highest BCUT2D eigenvalue weighted by molar-refractivity contribution is 5.46. The minimum Gasteiger partial charge on any atom is -0.369 e. The molecule has 1 saturated heterocycles. The zero-order chi connectivity index (χ0) is 13.4. The smallest absolute Gasteiger partial charge is 0.0367 e. The number of para-hydroxylation sites is 1. The molecule has 0 spiro atoms. The van der Waals surface area contributed by atoms with E-state index in [9.17, 15) is 0 Å². The summed E-state index contributed by atoms with van der Waals surface area (Å²) in [6, 6.07) is 10.8. The predicted octanol–water partition coefficient (Wildman–Crippen LogP) is 3.02. The molecular formula is C18H24N2. The van der Waals surface area contributed by atoms with Crippen LogP contribution in [0.15, 0.2) is 42.5 Å². The van der Waals surface area contributed by atoms with Crippen LogP contribution in [0.2, 0.25) is 0 Å². The van der Waals surface area contributed by atoms with Gasteiger partial charge in [-0.1, -0.05) is 30.4 Å². The van der Waals surface area contributed by atoms with Gasteiger partial charge < -0.3 is 4.90 Å². The Hall–Kier alpha value is -1.28. The summed E-state index contributed by atoms with van der Waals surface area (Å²) in [7, 11) is 0. The molecule has 1 aromatic carbocycles. The third-order valence-corrected chi connectivity index (χ3v) is 5.40. The van der Waals surface area contributed by atoms with Gasteiger partial charge in [0.05, 0.1) is 0 Å². The van der Waals surface area contributed by atoms with Gasteiger partial charge in [-0.3, -0.25) is 4.90 Å². The number of piperazine rings is 1. The minimum atomic E-state index is 0.896. The predicted molar refractivity (Wildman–Crippen MR) is 83.9 cm³/mol. The quantitative estimate of drug-likeness (QED) is 0.778. The van der Waals surface area contributed by atoms with Crippen LogP contribution in [-0.2, 0) is 0 Å². The molecule has 1 heterocycles. The normalized spacial score (nSPS) is 33.0. The zero-order valence-electron chi connectivity index (χ0n) is 12.1. The number of fused-ring (bicyclic) bond motifs is 2. The van der Waals surface area contributed by atoms with Crippen molar-refractivity contribution in [3.05, 3.63) is 42.5 Å². The van der Waals surface area contributed by atoms with Gasteiger partial charge in [0, 0.05) is 38.4 Å². The van der Waals surface area contributed by atoms with Crippen LogP contribution in [0, 0.1) is 17.8 Å². The molecule has 0 amide bonds. The second-order valence-corrected chi connectivity index (χ2v) is 6.66. The molecule has 106 valence electrons. The van der Waals surface area contributed by atoms with Crippen LogP contribution in [0.4, 0.5) is 5.69 Å². The Kier molecular flexibility index (Phi) is 3.27. The van der Waals surface area contributed by atoms with Crippen molar-refractivity contribution in [2.24, 2.45) is 17.8 Å². The lowest BCUT2D eigenvalue weighted by Crippen LogP contribution is -2.48. The van der Waals surface area contributed by atoms with Gasteiger partial charge in [0.15, 0.2) is 0 Å². The van der Waals surface area contributed by atoms with E-state index in [-0.39, 0.29) is 0 Å². The van der Waals surface area contributed by atoms with E-state index in [1.54, 1.807) is 0 Å². The van der Waals surface area contributed by atoms with Crippen molar-refractivity contribution in [3.63, 3.8) is 0 Å². The van der Waals surface area contributed by atoms with Gasteiger partial charge in [-0.15, -0.1) is 0 Å². The first kappa shape index (κ1) is 12.5. The van der Waals surface area contributed by atoms with E-state index in [0.29, 0.717) is 0 Å². The molecule has 0 radical (unpaired) electrons. The van der Waals surface area contributed by atoms with E-state index in [0.717, 1.165) is 17.8 Å². The summed E-state index contributed by atoms with van der Waals surface area (Å²) in [6.07, 6.45) is 7.82. The molecule has 0 aromatic heterocycles. The molecular weight excluding hydrogens is 244 g/mol. The molecule has 2 nitrogen and oxygen atoms in total. The maximum absolute atomic E-state index is 2.69. The second-order valence-electron chi connectivity index (χ2n) is 6.66. The van der Waals surface area contributed by atoms with Crippen LogP contribution in [0.3, 0.4) is 0 Å². The molecule has 1 saturated carbocycles. The van der Waals surface area contributed by atoms with Gasteiger partial charge in [-0.25, -0.2) is 0 Å². The molecule has 4 rings (SSSR count). The summed E-state index contributed by atoms with van der Waals surface area (Å²) in [5.41, 5.74) is 1.38. The first-order valence-corrected chi connectivity index (χ1v) is 8.09. The van der Waals surface area contributed by atoms with E-state index in [4.69, 9.17) is 0 Å². The average Bonchev–Trinajstić information content (AvgIpc) is 3.12. The highest BCUT2D eigenvalue weighted by Gasteiger charge is 2.36. The third kappa shape index (κ3) is 2.37. The molecule has 2 fully saturated rings. The van der Waals surface area contributed by atoms with E-state index < -0.39 is 0 Å². The summed E-state index contributed by atoms with van der Waals surface area (Å²) in [6.45, 7) is 6.15. The lowest BCUT2D eigenvalue weighted by Gasteiger charge is -2.38. The van der Waals surface area contributed by atoms with E-state index in [1.165, 1.54) is 51.3 Å². The van der Waals surface area contributed by atoms with Crippen molar-refractivity contribution in [1.29, 1.82) is 0 Å². The van der Waals surface area contributed by atoms with Crippen LogP contribution >= 0.6 is 0 Å². The Morgan fingerprint density at radius 3 is 2.35 bits per heavy atom. The maximum Gasteiger partial charge on any atom is 0.0367 e. The number of allylic oxidation sites excluding steroid dienone is 2. The van der Waals surface area contributed by atoms with Crippen LogP contribution in [-0.4, -0.2) is 37.6 Å². The number of hydrogen-bond acceptors (Lipinski definition) is 2. The van der Waals surface area contributed by atoms with E-state index in [2.05, 4.69) is 52.3 Å². The fourth-order valence-corrected chi connectivity index (χ4v) is 4.26. The van der Waals surface area contributed by atoms with Crippen LogP contribution in [0.25, 0.3) is 0 Å². The number of anilines is 1. The fourth-order valence-electron chi connectivity index (χ4n) is 4.26. The molecule has 2 aliphatic carbocycles.